The highest BCUT2D eigenvalue weighted by Gasteiger charge is 2.21. The first-order valence-corrected chi connectivity index (χ1v) is 12.9. The van der Waals surface area contributed by atoms with Crippen molar-refractivity contribution in [2.24, 2.45) is 0 Å². The number of piperazine rings is 1. The summed E-state index contributed by atoms with van der Waals surface area (Å²) in [4.78, 5) is 3.62. The summed E-state index contributed by atoms with van der Waals surface area (Å²) in [7, 11) is 0. The van der Waals surface area contributed by atoms with Crippen LogP contribution in [0.1, 0.15) is 27.5 Å². The highest BCUT2D eigenvalue weighted by molar-refractivity contribution is 7.10. The first-order valence-electron chi connectivity index (χ1n) is 12.0. The molecule has 1 aliphatic rings. The smallest absolute Gasteiger partial charge is 0.119 e. The Balaban J connectivity index is 0.00000289. The monoisotopic (exact) mass is 508 g/mol. The van der Waals surface area contributed by atoms with Crippen molar-refractivity contribution in [3.63, 3.8) is 0 Å². The van der Waals surface area contributed by atoms with Gasteiger partial charge in [-0.25, -0.2) is 0 Å². The van der Waals surface area contributed by atoms with Crippen molar-refractivity contribution in [2.45, 2.75) is 18.9 Å². The van der Waals surface area contributed by atoms with Gasteiger partial charge in [0, 0.05) is 43.5 Å². The van der Waals surface area contributed by atoms with E-state index in [0.717, 1.165) is 31.9 Å². The molecule has 0 bridgehead atoms. The molecule has 2 N–H and O–H groups in total. The van der Waals surface area contributed by atoms with Gasteiger partial charge in [0.2, 0.25) is 0 Å². The molecule has 1 aromatic heterocycles. The summed E-state index contributed by atoms with van der Waals surface area (Å²) in [6.07, 6.45) is -0.490. The number of thiophene rings is 1. The first kappa shape index (κ1) is 25.7. The Morgan fingerprint density at radius 2 is 1.74 bits per heavy atom. The number of hydrogen-bond acceptors (Lipinski definition) is 5. The molecule has 184 valence electrons. The molecule has 0 spiro atoms. The summed E-state index contributed by atoms with van der Waals surface area (Å²) >= 11 is 1.82. The van der Waals surface area contributed by atoms with E-state index in [4.69, 9.17) is 4.74 Å². The van der Waals surface area contributed by atoms with Crippen molar-refractivity contribution < 1.29 is 9.84 Å². The van der Waals surface area contributed by atoms with Crippen LogP contribution in [-0.4, -0.2) is 55.4 Å². The van der Waals surface area contributed by atoms with Crippen LogP contribution < -0.4 is 10.1 Å². The van der Waals surface area contributed by atoms with Crippen LogP contribution in [0, 0.1) is 6.92 Å². The average molecular weight is 509 g/mol. The fourth-order valence-electron chi connectivity index (χ4n) is 4.80. The van der Waals surface area contributed by atoms with Crippen LogP contribution in [0.5, 0.6) is 5.75 Å². The SMILES string of the molecule is Cc1csc(C(c2ccc(OCC(O)CN3CCNCC3)cc2)c2cccc3ccccc23)c1.Cl. The summed E-state index contributed by atoms with van der Waals surface area (Å²) in [5.74, 6) is 0.958. The zero-order valence-corrected chi connectivity index (χ0v) is 21.7. The van der Waals surface area contributed by atoms with Gasteiger partial charge in [-0.2, -0.15) is 0 Å². The molecule has 1 fully saturated rings. The Bertz CT molecular complexity index is 1220. The van der Waals surface area contributed by atoms with Gasteiger partial charge in [-0.1, -0.05) is 54.6 Å². The summed E-state index contributed by atoms with van der Waals surface area (Å²) in [5.41, 5.74) is 3.86. The molecule has 0 aliphatic carbocycles. The predicted molar refractivity (Wildman–Crippen MR) is 148 cm³/mol. The minimum absolute atomic E-state index is 0. The Morgan fingerprint density at radius 3 is 2.49 bits per heavy atom. The number of aryl methyl sites for hydroxylation is 1. The molecule has 4 aromatic rings. The largest absolute Gasteiger partial charge is 0.491 e. The van der Waals surface area contributed by atoms with E-state index in [1.54, 1.807) is 0 Å². The normalized spacial score (nSPS) is 15.9. The quantitative estimate of drug-likeness (QED) is 0.332. The van der Waals surface area contributed by atoms with Crippen LogP contribution in [0.15, 0.2) is 78.2 Å². The minimum Gasteiger partial charge on any atom is -0.491 e. The average Bonchev–Trinajstić information content (AvgIpc) is 3.30. The number of aliphatic hydroxyl groups is 1. The van der Waals surface area contributed by atoms with Gasteiger partial charge in [-0.15, -0.1) is 23.7 Å². The number of rotatable bonds is 8. The standard InChI is InChI=1S/C29H32N2O2S.ClH/c1-21-17-28(34-20-21)29(27-8-4-6-22-5-2-3-7-26(22)27)23-9-11-25(12-10-23)33-19-24(32)18-31-15-13-30-14-16-31;/h2-12,17,20,24,29-30,32H,13-16,18-19H2,1H3;1H. The zero-order chi connectivity index (χ0) is 23.3. The molecule has 5 rings (SSSR count). The lowest BCUT2D eigenvalue weighted by atomic mass is 9.86. The number of aliphatic hydroxyl groups excluding tert-OH is 1. The van der Waals surface area contributed by atoms with Crippen LogP contribution >= 0.6 is 23.7 Å². The van der Waals surface area contributed by atoms with Gasteiger partial charge in [0.1, 0.15) is 18.5 Å². The van der Waals surface area contributed by atoms with E-state index in [9.17, 15) is 5.11 Å². The second-order valence-electron chi connectivity index (χ2n) is 9.11. The third-order valence-electron chi connectivity index (χ3n) is 6.50. The molecule has 2 unspecified atom stereocenters. The molecule has 2 heterocycles. The van der Waals surface area contributed by atoms with Gasteiger partial charge >= 0.3 is 0 Å². The Kier molecular flexibility index (Phi) is 8.82. The summed E-state index contributed by atoms with van der Waals surface area (Å²) in [5, 5.41) is 18.5. The number of benzene rings is 3. The van der Waals surface area contributed by atoms with Gasteiger partial charge in [0.15, 0.2) is 0 Å². The molecule has 0 radical (unpaired) electrons. The molecular weight excluding hydrogens is 476 g/mol. The third-order valence-corrected chi connectivity index (χ3v) is 7.62. The van der Waals surface area contributed by atoms with E-state index < -0.39 is 6.10 Å². The number of hydrogen-bond donors (Lipinski definition) is 2. The second-order valence-corrected chi connectivity index (χ2v) is 10.1. The molecule has 4 nitrogen and oxygen atoms in total. The highest BCUT2D eigenvalue weighted by atomic mass is 35.5. The molecule has 0 saturated carbocycles. The summed E-state index contributed by atoms with van der Waals surface area (Å²) < 4.78 is 5.94. The fourth-order valence-corrected chi connectivity index (χ4v) is 5.84. The maximum atomic E-state index is 10.4. The lowest BCUT2D eigenvalue weighted by molar-refractivity contribution is 0.0641. The van der Waals surface area contributed by atoms with Crippen molar-refractivity contribution in [3.8, 4) is 5.75 Å². The summed E-state index contributed by atoms with van der Waals surface area (Å²) in [6.45, 7) is 7.03. The van der Waals surface area contributed by atoms with Crippen molar-refractivity contribution in [1.82, 2.24) is 10.2 Å². The van der Waals surface area contributed by atoms with Crippen LogP contribution in [-0.2, 0) is 0 Å². The number of fused-ring (bicyclic) bond motifs is 1. The molecule has 6 heteroatoms. The van der Waals surface area contributed by atoms with Crippen LogP contribution in [0.25, 0.3) is 10.8 Å². The van der Waals surface area contributed by atoms with Gasteiger partial charge in [-0.3, -0.25) is 4.90 Å². The number of halogens is 1. The highest BCUT2D eigenvalue weighted by Crippen LogP contribution is 2.39. The van der Waals surface area contributed by atoms with Crippen molar-refractivity contribution in [2.75, 3.05) is 39.3 Å². The number of ether oxygens (including phenoxy) is 1. The van der Waals surface area contributed by atoms with E-state index in [1.807, 2.05) is 23.5 Å². The van der Waals surface area contributed by atoms with E-state index in [2.05, 4.69) is 83.2 Å². The van der Waals surface area contributed by atoms with Crippen LogP contribution in [0.3, 0.4) is 0 Å². The van der Waals surface area contributed by atoms with E-state index in [1.165, 1.54) is 32.3 Å². The number of nitrogens with one attached hydrogen (secondary N) is 1. The lowest BCUT2D eigenvalue weighted by Crippen LogP contribution is -2.47. The second kappa shape index (κ2) is 12.0. The zero-order valence-electron chi connectivity index (χ0n) is 20.0. The summed E-state index contributed by atoms with van der Waals surface area (Å²) in [6, 6.07) is 25.9. The maximum Gasteiger partial charge on any atom is 0.119 e. The molecular formula is C29H33ClN2O2S. The van der Waals surface area contributed by atoms with E-state index >= 15 is 0 Å². The number of nitrogens with zero attached hydrogens (tertiary/aromatic N) is 1. The molecule has 3 aromatic carbocycles. The van der Waals surface area contributed by atoms with Gasteiger partial charge in [-0.05, 0) is 58.0 Å². The first-order chi connectivity index (χ1) is 16.7. The fraction of sp³-hybridized carbons (Fsp3) is 0.310. The van der Waals surface area contributed by atoms with Crippen molar-refractivity contribution >= 4 is 34.5 Å². The van der Waals surface area contributed by atoms with E-state index in [-0.39, 0.29) is 18.3 Å². The van der Waals surface area contributed by atoms with Crippen LogP contribution in [0.4, 0.5) is 0 Å². The Labute approximate surface area is 218 Å². The molecule has 1 aliphatic heterocycles. The maximum absolute atomic E-state index is 10.4. The third kappa shape index (κ3) is 6.24. The number of β-amino-alcohol motifs (C(OH)–C–C–N with tert-alkyl or cyclic N) is 1. The van der Waals surface area contributed by atoms with Crippen molar-refractivity contribution in [3.05, 3.63) is 99.7 Å². The molecule has 0 amide bonds. The molecule has 1 saturated heterocycles. The Morgan fingerprint density at radius 1 is 1.00 bits per heavy atom. The van der Waals surface area contributed by atoms with Crippen molar-refractivity contribution in [1.29, 1.82) is 0 Å². The lowest BCUT2D eigenvalue weighted by Gasteiger charge is -2.29. The van der Waals surface area contributed by atoms with Gasteiger partial charge in [0.05, 0.1) is 0 Å². The van der Waals surface area contributed by atoms with Gasteiger partial charge in [0.25, 0.3) is 0 Å². The predicted octanol–water partition coefficient (Wildman–Crippen LogP) is 5.46. The molecule has 35 heavy (non-hydrogen) atoms. The molecule has 2 atom stereocenters. The Hall–Kier alpha value is -2.41. The van der Waals surface area contributed by atoms with E-state index in [0.29, 0.717) is 13.2 Å². The van der Waals surface area contributed by atoms with Crippen LogP contribution in [0.2, 0.25) is 0 Å². The van der Waals surface area contributed by atoms with Gasteiger partial charge < -0.3 is 15.2 Å². The topological polar surface area (TPSA) is 44.7 Å². The minimum atomic E-state index is -0.490.